The predicted octanol–water partition coefficient (Wildman–Crippen LogP) is 6.47. The number of halogens is 2. The molecule has 32 heavy (non-hydrogen) atoms. The lowest BCUT2D eigenvalue weighted by atomic mass is 10.0. The van der Waals surface area contributed by atoms with Gasteiger partial charge in [0.1, 0.15) is 12.4 Å². The van der Waals surface area contributed by atoms with E-state index in [4.69, 9.17) is 9.47 Å². The predicted molar refractivity (Wildman–Crippen MR) is 128 cm³/mol. The summed E-state index contributed by atoms with van der Waals surface area (Å²) in [5.74, 6) is 0.811. The number of ether oxygens (including phenoxy) is 2. The molecule has 4 rings (SSSR count). The van der Waals surface area contributed by atoms with Crippen LogP contribution in [0.2, 0.25) is 0 Å². The summed E-state index contributed by atoms with van der Waals surface area (Å²) in [5.41, 5.74) is 4.17. The molecule has 6 heteroatoms. The van der Waals surface area contributed by atoms with Gasteiger partial charge in [0.25, 0.3) is 5.91 Å². The Balaban J connectivity index is 1.65. The quantitative estimate of drug-likeness (QED) is 0.352. The van der Waals surface area contributed by atoms with Crippen LogP contribution in [0.4, 0.5) is 10.1 Å². The molecule has 1 aliphatic rings. The van der Waals surface area contributed by atoms with Crippen molar-refractivity contribution in [3.05, 3.63) is 87.6 Å². The lowest BCUT2D eigenvalue weighted by Crippen LogP contribution is -2.26. The van der Waals surface area contributed by atoms with E-state index in [0.717, 1.165) is 33.3 Å². The Hall–Kier alpha value is -3.12. The number of para-hydroxylation sites is 1. The molecule has 3 aromatic rings. The molecule has 0 saturated heterocycles. The van der Waals surface area contributed by atoms with Crippen LogP contribution in [0.25, 0.3) is 11.6 Å². The van der Waals surface area contributed by atoms with E-state index in [9.17, 15) is 9.18 Å². The fourth-order valence-corrected chi connectivity index (χ4v) is 4.16. The van der Waals surface area contributed by atoms with Crippen molar-refractivity contribution in [2.75, 3.05) is 18.6 Å². The zero-order chi connectivity index (χ0) is 22.7. The molecule has 0 fully saturated rings. The monoisotopic (exact) mass is 495 g/mol. The van der Waals surface area contributed by atoms with Gasteiger partial charge in [-0.05, 0) is 54.0 Å². The molecular weight excluding hydrogens is 473 g/mol. The molecule has 1 amide bonds. The van der Waals surface area contributed by atoms with Crippen LogP contribution in [0.5, 0.6) is 11.5 Å². The van der Waals surface area contributed by atoms with Gasteiger partial charge in [0, 0.05) is 22.2 Å². The third kappa shape index (κ3) is 4.41. The van der Waals surface area contributed by atoms with Gasteiger partial charge < -0.3 is 14.4 Å². The van der Waals surface area contributed by atoms with Crippen molar-refractivity contribution in [1.82, 2.24) is 0 Å². The summed E-state index contributed by atoms with van der Waals surface area (Å²) in [4.78, 5) is 15.0. The largest absolute Gasteiger partial charge is 0.493 e. The van der Waals surface area contributed by atoms with Gasteiger partial charge in [0.15, 0.2) is 11.5 Å². The summed E-state index contributed by atoms with van der Waals surface area (Å²) < 4.78 is 25.3. The molecule has 0 aromatic heterocycles. The Morgan fingerprint density at radius 2 is 1.81 bits per heavy atom. The molecule has 0 atom stereocenters. The summed E-state index contributed by atoms with van der Waals surface area (Å²) in [6.45, 7) is 3.01. The standard InChI is InChI=1S/C26H23BrFNO3/c1-3-12-29-23-7-5-4-6-20(23)21(26(29)30)13-18-14-24(31-2)25(15-22(18)27)32-16-17-8-10-19(28)11-9-17/h4-11,13-15H,3,12,16H2,1-2H3/b21-13-. The van der Waals surface area contributed by atoms with Gasteiger partial charge in [-0.2, -0.15) is 0 Å². The molecule has 0 unspecified atom stereocenters. The van der Waals surface area contributed by atoms with Crippen LogP contribution in [0.15, 0.2) is 65.1 Å². The third-order valence-electron chi connectivity index (χ3n) is 5.30. The molecule has 1 aliphatic heterocycles. The van der Waals surface area contributed by atoms with Crippen molar-refractivity contribution in [1.29, 1.82) is 0 Å². The first-order chi connectivity index (χ1) is 15.5. The average molecular weight is 496 g/mol. The van der Waals surface area contributed by atoms with Crippen molar-refractivity contribution in [2.24, 2.45) is 0 Å². The molecule has 164 valence electrons. The van der Waals surface area contributed by atoms with Crippen LogP contribution in [-0.4, -0.2) is 19.6 Å². The molecule has 0 spiro atoms. The number of carbonyl (C=O) groups is 1. The van der Waals surface area contributed by atoms with E-state index < -0.39 is 0 Å². The van der Waals surface area contributed by atoms with E-state index in [2.05, 4.69) is 22.9 Å². The Kier molecular flexibility index (Phi) is 6.61. The minimum atomic E-state index is -0.285. The highest BCUT2D eigenvalue weighted by atomic mass is 79.9. The van der Waals surface area contributed by atoms with Crippen LogP contribution in [0, 0.1) is 5.82 Å². The number of nitrogens with zero attached hydrogens (tertiary/aromatic N) is 1. The molecule has 0 N–H and O–H groups in total. The highest BCUT2D eigenvalue weighted by Crippen LogP contribution is 2.40. The Morgan fingerprint density at radius 3 is 2.53 bits per heavy atom. The minimum absolute atomic E-state index is 0.00412. The van der Waals surface area contributed by atoms with E-state index in [1.54, 1.807) is 19.2 Å². The lowest BCUT2D eigenvalue weighted by Gasteiger charge is -2.15. The van der Waals surface area contributed by atoms with E-state index in [0.29, 0.717) is 23.6 Å². The lowest BCUT2D eigenvalue weighted by molar-refractivity contribution is -0.113. The summed E-state index contributed by atoms with van der Waals surface area (Å²) in [5, 5.41) is 0. The summed E-state index contributed by atoms with van der Waals surface area (Å²) >= 11 is 3.60. The second-order valence-corrected chi connectivity index (χ2v) is 8.33. The van der Waals surface area contributed by atoms with E-state index in [1.165, 1.54) is 12.1 Å². The zero-order valence-corrected chi connectivity index (χ0v) is 19.5. The number of fused-ring (bicyclic) bond motifs is 1. The fraction of sp³-hybridized carbons (Fsp3) is 0.192. The fourth-order valence-electron chi connectivity index (χ4n) is 3.72. The van der Waals surface area contributed by atoms with Gasteiger partial charge in [0.05, 0.1) is 12.8 Å². The topological polar surface area (TPSA) is 38.8 Å². The van der Waals surface area contributed by atoms with Gasteiger partial charge in [-0.3, -0.25) is 4.79 Å². The Labute approximate surface area is 195 Å². The summed E-state index contributed by atoms with van der Waals surface area (Å²) in [7, 11) is 1.57. The van der Waals surface area contributed by atoms with Gasteiger partial charge in [-0.25, -0.2) is 4.39 Å². The molecule has 4 nitrogen and oxygen atoms in total. The smallest absolute Gasteiger partial charge is 0.258 e. The van der Waals surface area contributed by atoms with E-state index in [1.807, 2.05) is 47.4 Å². The maximum atomic E-state index is 13.1. The Morgan fingerprint density at radius 1 is 1.06 bits per heavy atom. The van der Waals surface area contributed by atoms with Gasteiger partial charge in [-0.1, -0.05) is 53.2 Å². The number of methoxy groups -OCH3 is 1. The number of amides is 1. The highest BCUT2D eigenvalue weighted by molar-refractivity contribution is 9.10. The number of hydrogen-bond donors (Lipinski definition) is 0. The molecular formula is C26H23BrFNO3. The molecule has 0 bridgehead atoms. The summed E-state index contributed by atoms with van der Waals surface area (Å²) in [6, 6.07) is 17.7. The number of carbonyl (C=O) groups excluding carboxylic acids is 1. The van der Waals surface area contributed by atoms with Gasteiger partial charge in [0.2, 0.25) is 0 Å². The van der Waals surface area contributed by atoms with Crippen molar-refractivity contribution in [2.45, 2.75) is 20.0 Å². The first-order valence-electron chi connectivity index (χ1n) is 10.4. The molecule has 0 saturated carbocycles. The van der Waals surface area contributed by atoms with Crippen LogP contribution in [0.1, 0.15) is 30.0 Å². The number of hydrogen-bond acceptors (Lipinski definition) is 3. The first-order valence-corrected chi connectivity index (χ1v) is 11.2. The average Bonchev–Trinajstić information content (AvgIpc) is 3.06. The Bertz CT molecular complexity index is 1170. The first kappa shape index (κ1) is 22.1. The third-order valence-corrected chi connectivity index (χ3v) is 5.98. The van der Waals surface area contributed by atoms with E-state index >= 15 is 0 Å². The highest BCUT2D eigenvalue weighted by Gasteiger charge is 2.31. The van der Waals surface area contributed by atoms with Crippen molar-refractivity contribution >= 4 is 39.2 Å². The number of benzene rings is 3. The van der Waals surface area contributed by atoms with Crippen molar-refractivity contribution in [3.8, 4) is 11.5 Å². The van der Waals surface area contributed by atoms with E-state index in [-0.39, 0.29) is 18.3 Å². The minimum Gasteiger partial charge on any atom is -0.493 e. The SMILES string of the molecule is CCCN1C(=O)/C(=C\c2cc(OC)c(OCc3ccc(F)cc3)cc2Br)c2ccccc21. The number of anilines is 1. The second-order valence-electron chi connectivity index (χ2n) is 7.47. The zero-order valence-electron chi connectivity index (χ0n) is 17.9. The van der Waals surface area contributed by atoms with Crippen LogP contribution < -0.4 is 14.4 Å². The van der Waals surface area contributed by atoms with Crippen LogP contribution in [-0.2, 0) is 11.4 Å². The van der Waals surface area contributed by atoms with Gasteiger partial charge >= 0.3 is 0 Å². The normalized spacial score (nSPS) is 14.1. The van der Waals surface area contributed by atoms with Crippen molar-refractivity contribution in [3.63, 3.8) is 0 Å². The van der Waals surface area contributed by atoms with Crippen LogP contribution >= 0.6 is 15.9 Å². The molecule has 3 aromatic carbocycles. The molecule has 0 aliphatic carbocycles. The second kappa shape index (κ2) is 9.57. The van der Waals surface area contributed by atoms with Crippen molar-refractivity contribution < 1.29 is 18.7 Å². The van der Waals surface area contributed by atoms with Crippen LogP contribution in [0.3, 0.4) is 0 Å². The summed E-state index contributed by atoms with van der Waals surface area (Å²) in [6.07, 6.45) is 2.76. The van der Waals surface area contributed by atoms with Gasteiger partial charge in [-0.15, -0.1) is 0 Å². The maximum absolute atomic E-state index is 13.1. The maximum Gasteiger partial charge on any atom is 0.258 e. The molecule has 1 heterocycles. The number of rotatable bonds is 7. The molecule has 0 radical (unpaired) electrons.